The molecule has 0 amide bonds. The van der Waals surface area contributed by atoms with Crippen molar-refractivity contribution >= 4 is 0 Å². The third kappa shape index (κ3) is 7.48. The van der Waals surface area contributed by atoms with Gasteiger partial charge in [0.25, 0.3) is 0 Å². The second kappa shape index (κ2) is 8.48. The lowest BCUT2D eigenvalue weighted by Gasteiger charge is -1.98. The van der Waals surface area contributed by atoms with E-state index in [0.29, 0.717) is 6.61 Å². The Hall–Kier alpha value is -0.520. The molecule has 0 heterocycles. The number of terminal acetylenes is 1. The second-order valence-corrected chi connectivity index (χ2v) is 1.96. The van der Waals surface area contributed by atoms with Gasteiger partial charge >= 0.3 is 0 Å². The van der Waals surface area contributed by atoms with Crippen LogP contribution in [0.2, 0.25) is 0 Å². The van der Waals surface area contributed by atoms with Crippen LogP contribution in [0.4, 0.5) is 0 Å². The van der Waals surface area contributed by atoms with Crippen LogP contribution in [0.15, 0.2) is 0 Å². The van der Waals surface area contributed by atoms with Gasteiger partial charge in [0.2, 0.25) is 0 Å². The molecule has 0 atom stereocenters. The van der Waals surface area contributed by atoms with Gasteiger partial charge in [0.15, 0.2) is 0 Å². The van der Waals surface area contributed by atoms with Crippen LogP contribution in [0.5, 0.6) is 0 Å². The Morgan fingerprint density at radius 3 is 2.60 bits per heavy atom. The molecular formula is C8H14O2. The molecule has 0 rings (SSSR count). The Morgan fingerprint density at radius 1 is 1.30 bits per heavy atom. The molecule has 0 aliphatic rings. The summed E-state index contributed by atoms with van der Waals surface area (Å²) in [6.45, 7) is 1.97. The molecule has 2 heteroatoms. The fourth-order valence-corrected chi connectivity index (χ4v) is 0.582. The molecule has 2 nitrogen and oxygen atoms in total. The predicted molar refractivity (Wildman–Crippen MR) is 40.8 cm³/mol. The number of methoxy groups -OCH3 is 1. The van der Waals surface area contributed by atoms with Crippen LogP contribution < -0.4 is 0 Å². The van der Waals surface area contributed by atoms with Crippen molar-refractivity contribution in [1.29, 1.82) is 0 Å². The standard InChI is InChI=1S/C8H14O2/c1-3-6-10-8-5-4-7-9-2/h1H,4-8H2,2H3. The fraction of sp³-hybridized carbons (Fsp3) is 0.750. The summed E-state index contributed by atoms with van der Waals surface area (Å²) in [6.07, 6.45) is 7.04. The van der Waals surface area contributed by atoms with Crippen molar-refractivity contribution in [2.24, 2.45) is 0 Å². The molecule has 0 aromatic carbocycles. The zero-order valence-electron chi connectivity index (χ0n) is 6.43. The summed E-state index contributed by atoms with van der Waals surface area (Å²) in [4.78, 5) is 0. The largest absolute Gasteiger partial charge is 0.385 e. The average molecular weight is 142 g/mol. The molecule has 58 valence electrons. The molecule has 0 N–H and O–H groups in total. The van der Waals surface area contributed by atoms with E-state index in [0.717, 1.165) is 26.1 Å². The lowest BCUT2D eigenvalue weighted by atomic mass is 10.3. The first-order valence-electron chi connectivity index (χ1n) is 3.42. The van der Waals surface area contributed by atoms with E-state index < -0.39 is 0 Å². The minimum Gasteiger partial charge on any atom is -0.385 e. The van der Waals surface area contributed by atoms with Crippen molar-refractivity contribution in [2.75, 3.05) is 26.9 Å². The number of hydrogen-bond acceptors (Lipinski definition) is 2. The van der Waals surface area contributed by atoms with Crippen LogP contribution in [0, 0.1) is 12.3 Å². The quantitative estimate of drug-likeness (QED) is 0.408. The summed E-state index contributed by atoms with van der Waals surface area (Å²) >= 11 is 0. The maximum absolute atomic E-state index is 5.04. The van der Waals surface area contributed by atoms with E-state index in [1.165, 1.54) is 0 Å². The summed E-state index contributed by atoms with van der Waals surface area (Å²) < 4.78 is 9.89. The maximum atomic E-state index is 5.04. The molecular weight excluding hydrogens is 128 g/mol. The van der Waals surface area contributed by atoms with Gasteiger partial charge < -0.3 is 9.47 Å². The Kier molecular flexibility index (Phi) is 8.04. The summed E-state index contributed by atoms with van der Waals surface area (Å²) in [5, 5.41) is 0. The minimum absolute atomic E-state index is 0.424. The lowest BCUT2D eigenvalue weighted by molar-refractivity contribution is 0.142. The highest BCUT2D eigenvalue weighted by molar-refractivity contribution is 4.82. The molecule has 0 aromatic rings. The first-order valence-corrected chi connectivity index (χ1v) is 3.42. The molecule has 0 radical (unpaired) electrons. The third-order valence-electron chi connectivity index (χ3n) is 1.07. The van der Waals surface area contributed by atoms with Crippen molar-refractivity contribution in [1.82, 2.24) is 0 Å². The molecule has 0 aliphatic carbocycles. The number of ether oxygens (including phenoxy) is 2. The van der Waals surface area contributed by atoms with E-state index >= 15 is 0 Å². The van der Waals surface area contributed by atoms with Crippen LogP contribution in [0.3, 0.4) is 0 Å². The molecule has 0 aromatic heterocycles. The van der Waals surface area contributed by atoms with Crippen LogP contribution in [-0.2, 0) is 9.47 Å². The Balaban J connectivity index is 2.72. The van der Waals surface area contributed by atoms with Crippen molar-refractivity contribution in [3.8, 4) is 12.3 Å². The van der Waals surface area contributed by atoms with Gasteiger partial charge in [-0.25, -0.2) is 0 Å². The summed E-state index contributed by atoms with van der Waals surface area (Å²) in [6, 6.07) is 0. The molecule has 10 heavy (non-hydrogen) atoms. The normalized spacial score (nSPS) is 9.20. The van der Waals surface area contributed by atoms with Gasteiger partial charge in [-0.15, -0.1) is 6.42 Å². The van der Waals surface area contributed by atoms with E-state index in [1.807, 2.05) is 0 Å². The first kappa shape index (κ1) is 9.48. The molecule has 0 fully saturated rings. The first-order chi connectivity index (χ1) is 4.91. The molecule has 0 bridgehead atoms. The predicted octanol–water partition coefficient (Wildman–Crippen LogP) is 1.06. The fourth-order valence-electron chi connectivity index (χ4n) is 0.582. The molecule has 0 spiro atoms. The van der Waals surface area contributed by atoms with E-state index in [4.69, 9.17) is 15.9 Å². The summed E-state index contributed by atoms with van der Waals surface area (Å²) in [5.74, 6) is 2.41. The van der Waals surface area contributed by atoms with Gasteiger partial charge in [-0.3, -0.25) is 0 Å². The minimum atomic E-state index is 0.424. The Bertz CT molecular complexity index is 93.9. The van der Waals surface area contributed by atoms with Crippen molar-refractivity contribution < 1.29 is 9.47 Å². The molecule has 0 saturated carbocycles. The second-order valence-electron chi connectivity index (χ2n) is 1.96. The number of hydrogen-bond donors (Lipinski definition) is 0. The highest BCUT2D eigenvalue weighted by atomic mass is 16.5. The van der Waals surface area contributed by atoms with Crippen molar-refractivity contribution in [3.05, 3.63) is 0 Å². The summed E-state index contributed by atoms with van der Waals surface area (Å²) in [5.41, 5.74) is 0. The van der Waals surface area contributed by atoms with Gasteiger partial charge in [0.05, 0.1) is 0 Å². The molecule has 0 aliphatic heterocycles. The van der Waals surface area contributed by atoms with Gasteiger partial charge in [0.1, 0.15) is 6.61 Å². The monoisotopic (exact) mass is 142 g/mol. The number of unbranched alkanes of at least 4 members (excludes halogenated alkanes) is 1. The average Bonchev–Trinajstić information content (AvgIpc) is 1.97. The zero-order valence-corrected chi connectivity index (χ0v) is 6.43. The van der Waals surface area contributed by atoms with Crippen LogP contribution in [0.1, 0.15) is 12.8 Å². The van der Waals surface area contributed by atoms with Crippen LogP contribution in [-0.4, -0.2) is 26.9 Å². The van der Waals surface area contributed by atoms with Crippen LogP contribution in [0.25, 0.3) is 0 Å². The lowest BCUT2D eigenvalue weighted by Crippen LogP contribution is -1.96. The SMILES string of the molecule is C#CCOCCCCOC. The van der Waals surface area contributed by atoms with Gasteiger partial charge in [0, 0.05) is 20.3 Å². The smallest absolute Gasteiger partial charge is 0.107 e. The van der Waals surface area contributed by atoms with E-state index in [9.17, 15) is 0 Å². The summed E-state index contributed by atoms with van der Waals surface area (Å²) in [7, 11) is 1.70. The molecule has 0 saturated heterocycles. The zero-order chi connectivity index (χ0) is 7.66. The molecule has 0 unspecified atom stereocenters. The topological polar surface area (TPSA) is 18.5 Å². The van der Waals surface area contributed by atoms with Gasteiger partial charge in [-0.1, -0.05) is 5.92 Å². The Labute approximate surface area is 62.5 Å². The highest BCUT2D eigenvalue weighted by Gasteiger charge is 1.86. The van der Waals surface area contributed by atoms with Gasteiger partial charge in [-0.2, -0.15) is 0 Å². The van der Waals surface area contributed by atoms with Crippen LogP contribution >= 0.6 is 0 Å². The van der Waals surface area contributed by atoms with Crippen molar-refractivity contribution in [2.45, 2.75) is 12.8 Å². The Morgan fingerprint density at radius 2 is 2.00 bits per heavy atom. The highest BCUT2D eigenvalue weighted by Crippen LogP contribution is 1.89. The number of rotatable bonds is 6. The maximum Gasteiger partial charge on any atom is 0.107 e. The van der Waals surface area contributed by atoms with E-state index in [2.05, 4.69) is 5.92 Å². The van der Waals surface area contributed by atoms with E-state index in [1.54, 1.807) is 7.11 Å². The van der Waals surface area contributed by atoms with Crippen molar-refractivity contribution in [3.63, 3.8) is 0 Å². The third-order valence-corrected chi connectivity index (χ3v) is 1.07. The van der Waals surface area contributed by atoms with E-state index in [-0.39, 0.29) is 0 Å². The van der Waals surface area contributed by atoms with Gasteiger partial charge in [-0.05, 0) is 12.8 Å².